The van der Waals surface area contributed by atoms with Crippen LogP contribution in [0, 0.1) is 0 Å². The number of benzene rings is 1. The maximum Gasteiger partial charge on any atom is 0.312 e. The molecule has 4 heteroatoms. The molecule has 18 heavy (non-hydrogen) atoms. The van der Waals surface area contributed by atoms with Crippen LogP contribution in [0.2, 0.25) is 0 Å². The Bertz CT molecular complexity index is 586. The van der Waals surface area contributed by atoms with Crippen molar-refractivity contribution in [2.24, 2.45) is 0 Å². The lowest BCUT2D eigenvalue weighted by Gasteiger charge is -2.11. The fourth-order valence-corrected chi connectivity index (χ4v) is 2.29. The lowest BCUT2D eigenvalue weighted by Crippen LogP contribution is -2.12. The first-order valence-electron chi connectivity index (χ1n) is 5.99. The van der Waals surface area contributed by atoms with Gasteiger partial charge in [-0.15, -0.1) is 0 Å². The molecule has 1 aromatic carbocycles. The molecule has 0 spiro atoms. The lowest BCUT2D eigenvalue weighted by atomic mass is 10.1. The first-order valence-corrected chi connectivity index (χ1v) is 5.99. The molecule has 1 atom stereocenters. The van der Waals surface area contributed by atoms with Gasteiger partial charge in [-0.05, 0) is 32.0 Å². The van der Waals surface area contributed by atoms with Crippen molar-refractivity contribution < 1.29 is 14.6 Å². The van der Waals surface area contributed by atoms with Crippen LogP contribution >= 0.6 is 0 Å². The molecular formula is C14H17NO3. The number of aryl methyl sites for hydroxylation is 1. The molecule has 2 aromatic rings. The molecule has 4 nitrogen and oxygen atoms in total. The van der Waals surface area contributed by atoms with Gasteiger partial charge in [0.05, 0.1) is 18.5 Å². The Labute approximate surface area is 106 Å². The molecule has 0 radical (unpaired) electrons. The van der Waals surface area contributed by atoms with Crippen molar-refractivity contribution in [1.82, 2.24) is 4.57 Å². The van der Waals surface area contributed by atoms with Crippen molar-refractivity contribution in [3.63, 3.8) is 0 Å². The molecule has 0 saturated heterocycles. The minimum absolute atomic E-state index is 0.526. The van der Waals surface area contributed by atoms with Gasteiger partial charge in [0.25, 0.3) is 0 Å². The second-order valence-electron chi connectivity index (χ2n) is 4.27. The number of rotatable bonds is 4. The molecule has 1 N–H and O–H groups in total. The number of carbonyl (C=O) groups is 1. The number of aromatic nitrogens is 1. The summed E-state index contributed by atoms with van der Waals surface area (Å²) in [6.45, 7) is 4.45. The summed E-state index contributed by atoms with van der Waals surface area (Å²) in [6, 6.07) is 7.70. The number of nitrogens with zero attached hydrogens (tertiary/aromatic N) is 1. The molecule has 0 amide bonds. The maximum atomic E-state index is 11.2. The van der Waals surface area contributed by atoms with Crippen LogP contribution in [0.15, 0.2) is 24.3 Å². The second-order valence-corrected chi connectivity index (χ2v) is 4.27. The number of ether oxygens (including phenoxy) is 1. The van der Waals surface area contributed by atoms with E-state index >= 15 is 0 Å². The predicted octanol–water partition coefficient (Wildman–Crippen LogP) is 2.86. The highest BCUT2D eigenvalue weighted by Crippen LogP contribution is 2.31. The van der Waals surface area contributed by atoms with Crippen LogP contribution in [0.1, 0.15) is 25.5 Å². The van der Waals surface area contributed by atoms with Gasteiger partial charge in [0.2, 0.25) is 0 Å². The van der Waals surface area contributed by atoms with E-state index in [1.54, 1.807) is 14.0 Å². The van der Waals surface area contributed by atoms with Crippen LogP contribution in [-0.4, -0.2) is 22.8 Å². The topological polar surface area (TPSA) is 51.5 Å². The molecule has 0 fully saturated rings. The smallest absolute Gasteiger partial charge is 0.312 e. The largest absolute Gasteiger partial charge is 0.496 e. The summed E-state index contributed by atoms with van der Waals surface area (Å²) in [5.74, 6) is -0.563. The Morgan fingerprint density at radius 3 is 2.78 bits per heavy atom. The average Bonchev–Trinajstić information content (AvgIpc) is 2.75. The number of aliphatic carboxylic acids is 1. The normalized spacial score (nSPS) is 12.6. The van der Waals surface area contributed by atoms with E-state index in [1.807, 2.05) is 35.8 Å². The molecule has 0 saturated carbocycles. The Balaban J connectivity index is 2.71. The third-order valence-electron chi connectivity index (χ3n) is 3.29. The van der Waals surface area contributed by atoms with Crippen LogP contribution in [0.25, 0.3) is 10.9 Å². The summed E-state index contributed by atoms with van der Waals surface area (Å²) in [5, 5.41) is 10.1. The van der Waals surface area contributed by atoms with Crippen molar-refractivity contribution in [1.29, 1.82) is 0 Å². The summed E-state index contributed by atoms with van der Waals surface area (Å²) in [5.41, 5.74) is 1.82. The standard InChI is InChI=1S/C14H17NO3/c1-4-15-11-6-5-7-13(18-3)10(11)8-12(15)9(2)14(16)17/h5-9H,4H2,1-3H3,(H,16,17). The first-order chi connectivity index (χ1) is 8.60. The number of carboxylic acids is 1. The molecule has 96 valence electrons. The fourth-order valence-electron chi connectivity index (χ4n) is 2.29. The van der Waals surface area contributed by atoms with Crippen molar-refractivity contribution in [2.45, 2.75) is 26.3 Å². The summed E-state index contributed by atoms with van der Waals surface area (Å²) in [6.07, 6.45) is 0. The van der Waals surface area contributed by atoms with Crippen molar-refractivity contribution in [3.8, 4) is 5.75 Å². The SMILES string of the molecule is CCn1c(C(C)C(=O)O)cc2c(OC)cccc21. The zero-order valence-electron chi connectivity index (χ0n) is 10.8. The zero-order chi connectivity index (χ0) is 13.3. The quantitative estimate of drug-likeness (QED) is 0.903. The van der Waals surface area contributed by atoms with Crippen molar-refractivity contribution in [2.75, 3.05) is 7.11 Å². The van der Waals surface area contributed by atoms with Gasteiger partial charge in [-0.1, -0.05) is 6.07 Å². The summed E-state index contributed by atoms with van der Waals surface area (Å²) < 4.78 is 7.34. The molecular weight excluding hydrogens is 230 g/mol. The highest BCUT2D eigenvalue weighted by molar-refractivity contribution is 5.89. The van der Waals surface area contributed by atoms with Gasteiger partial charge < -0.3 is 14.4 Å². The summed E-state index contributed by atoms with van der Waals surface area (Å²) in [4.78, 5) is 11.2. The molecule has 0 bridgehead atoms. The number of methoxy groups -OCH3 is 1. The molecule has 1 heterocycles. The van der Waals surface area contributed by atoms with Crippen LogP contribution in [0.4, 0.5) is 0 Å². The van der Waals surface area contributed by atoms with Crippen LogP contribution < -0.4 is 4.74 Å². The Morgan fingerprint density at radius 1 is 1.50 bits per heavy atom. The van der Waals surface area contributed by atoms with E-state index in [-0.39, 0.29) is 0 Å². The second kappa shape index (κ2) is 4.72. The van der Waals surface area contributed by atoms with E-state index in [4.69, 9.17) is 9.84 Å². The van der Waals surface area contributed by atoms with E-state index < -0.39 is 11.9 Å². The summed E-state index contributed by atoms with van der Waals surface area (Å²) >= 11 is 0. The molecule has 0 aliphatic rings. The summed E-state index contributed by atoms with van der Waals surface area (Å²) in [7, 11) is 1.62. The predicted molar refractivity (Wildman–Crippen MR) is 70.2 cm³/mol. The molecule has 0 aliphatic heterocycles. The number of fused-ring (bicyclic) bond motifs is 1. The third-order valence-corrected chi connectivity index (χ3v) is 3.29. The van der Waals surface area contributed by atoms with Crippen molar-refractivity contribution in [3.05, 3.63) is 30.0 Å². The van der Waals surface area contributed by atoms with E-state index in [2.05, 4.69) is 0 Å². The fraction of sp³-hybridized carbons (Fsp3) is 0.357. The average molecular weight is 247 g/mol. The van der Waals surface area contributed by atoms with Gasteiger partial charge in [-0.3, -0.25) is 4.79 Å². The van der Waals surface area contributed by atoms with Crippen LogP contribution in [0.5, 0.6) is 5.75 Å². The zero-order valence-corrected chi connectivity index (χ0v) is 10.8. The molecule has 0 aliphatic carbocycles. The van der Waals surface area contributed by atoms with Gasteiger partial charge in [0, 0.05) is 17.6 Å². The maximum absolute atomic E-state index is 11.2. The Kier molecular flexibility index (Phi) is 3.28. The number of hydrogen-bond acceptors (Lipinski definition) is 2. The van der Waals surface area contributed by atoms with Crippen LogP contribution in [-0.2, 0) is 11.3 Å². The molecule has 1 aromatic heterocycles. The highest BCUT2D eigenvalue weighted by Gasteiger charge is 2.20. The highest BCUT2D eigenvalue weighted by atomic mass is 16.5. The van der Waals surface area contributed by atoms with E-state index in [0.29, 0.717) is 0 Å². The monoisotopic (exact) mass is 247 g/mol. The van der Waals surface area contributed by atoms with E-state index in [0.717, 1.165) is 28.9 Å². The van der Waals surface area contributed by atoms with E-state index in [9.17, 15) is 4.79 Å². The Morgan fingerprint density at radius 2 is 2.22 bits per heavy atom. The molecule has 2 rings (SSSR count). The van der Waals surface area contributed by atoms with Crippen molar-refractivity contribution >= 4 is 16.9 Å². The third kappa shape index (κ3) is 1.83. The number of hydrogen-bond donors (Lipinski definition) is 1. The number of carboxylic acid groups (broad SMARTS) is 1. The van der Waals surface area contributed by atoms with Gasteiger partial charge in [0.1, 0.15) is 5.75 Å². The van der Waals surface area contributed by atoms with Gasteiger partial charge in [-0.25, -0.2) is 0 Å². The van der Waals surface area contributed by atoms with Gasteiger partial charge in [-0.2, -0.15) is 0 Å². The van der Waals surface area contributed by atoms with Crippen LogP contribution in [0.3, 0.4) is 0 Å². The lowest BCUT2D eigenvalue weighted by molar-refractivity contribution is -0.138. The molecule has 1 unspecified atom stereocenters. The van der Waals surface area contributed by atoms with Gasteiger partial charge >= 0.3 is 5.97 Å². The Hall–Kier alpha value is -1.97. The first kappa shape index (κ1) is 12.5. The van der Waals surface area contributed by atoms with E-state index in [1.165, 1.54) is 0 Å². The minimum atomic E-state index is -0.813. The minimum Gasteiger partial charge on any atom is -0.496 e. The van der Waals surface area contributed by atoms with Gasteiger partial charge in [0.15, 0.2) is 0 Å².